The highest BCUT2D eigenvalue weighted by Crippen LogP contribution is 2.21. The van der Waals surface area contributed by atoms with E-state index in [-0.39, 0.29) is 17.1 Å². The van der Waals surface area contributed by atoms with Crippen molar-refractivity contribution >= 4 is 27.8 Å². The van der Waals surface area contributed by atoms with Gasteiger partial charge in [-0.1, -0.05) is 15.9 Å². The van der Waals surface area contributed by atoms with Crippen LogP contribution >= 0.6 is 15.9 Å². The highest BCUT2D eigenvalue weighted by Gasteiger charge is 2.30. The summed E-state index contributed by atoms with van der Waals surface area (Å²) in [4.78, 5) is 25.2. The number of halogens is 1. The molecule has 20 heavy (non-hydrogen) atoms. The van der Waals surface area contributed by atoms with E-state index in [4.69, 9.17) is 9.84 Å². The van der Waals surface area contributed by atoms with E-state index in [9.17, 15) is 9.59 Å². The van der Waals surface area contributed by atoms with Crippen molar-refractivity contribution in [2.45, 2.75) is 19.4 Å². The van der Waals surface area contributed by atoms with Crippen LogP contribution in [0.15, 0.2) is 22.7 Å². The van der Waals surface area contributed by atoms with Crippen LogP contribution in [-0.4, -0.2) is 47.2 Å². The molecule has 0 radical (unpaired) electrons. The molecule has 1 aliphatic heterocycles. The number of carboxylic acids is 1. The fraction of sp³-hybridized carbons (Fsp3) is 0.429. The summed E-state index contributed by atoms with van der Waals surface area (Å²) < 4.78 is 6.15. The van der Waals surface area contributed by atoms with E-state index < -0.39 is 5.97 Å². The lowest BCUT2D eigenvalue weighted by Gasteiger charge is -2.38. The fourth-order valence-electron chi connectivity index (χ4n) is 2.21. The summed E-state index contributed by atoms with van der Waals surface area (Å²) in [7, 11) is 0. The fourth-order valence-corrected chi connectivity index (χ4v) is 2.70. The minimum atomic E-state index is -1.05. The minimum absolute atomic E-state index is 0.0928. The second-order valence-electron chi connectivity index (χ2n) is 5.37. The molecule has 2 rings (SSSR count). The van der Waals surface area contributed by atoms with Crippen LogP contribution in [0.2, 0.25) is 0 Å². The second-order valence-corrected chi connectivity index (χ2v) is 6.28. The molecule has 0 aliphatic carbocycles. The average molecular weight is 342 g/mol. The molecular weight excluding hydrogens is 326 g/mol. The van der Waals surface area contributed by atoms with Crippen LogP contribution < -0.4 is 0 Å². The zero-order valence-corrected chi connectivity index (χ0v) is 12.9. The molecule has 1 aromatic rings. The molecule has 0 unspecified atom stereocenters. The number of nitrogens with zero attached hydrogens (tertiary/aromatic N) is 1. The Bertz CT molecular complexity index is 556. The van der Waals surface area contributed by atoms with Crippen molar-refractivity contribution in [2.75, 3.05) is 19.7 Å². The largest absolute Gasteiger partial charge is 0.478 e. The summed E-state index contributed by atoms with van der Waals surface area (Å²) in [5.41, 5.74) is 0.0833. The molecule has 1 amide bonds. The SMILES string of the molecule is CC1(C)CN(C(=O)c2cc(Br)cc(C(=O)O)c2)CCO1. The van der Waals surface area contributed by atoms with Gasteiger partial charge in [0.2, 0.25) is 0 Å². The molecule has 0 atom stereocenters. The Morgan fingerprint density at radius 1 is 1.30 bits per heavy atom. The van der Waals surface area contributed by atoms with Gasteiger partial charge in [-0.05, 0) is 32.0 Å². The van der Waals surface area contributed by atoms with Gasteiger partial charge in [0.15, 0.2) is 0 Å². The number of rotatable bonds is 2. The van der Waals surface area contributed by atoms with Crippen molar-refractivity contribution in [2.24, 2.45) is 0 Å². The van der Waals surface area contributed by atoms with Gasteiger partial charge in [0, 0.05) is 23.1 Å². The molecule has 1 aliphatic rings. The highest BCUT2D eigenvalue weighted by atomic mass is 79.9. The van der Waals surface area contributed by atoms with Crippen molar-refractivity contribution in [3.05, 3.63) is 33.8 Å². The number of hydrogen-bond acceptors (Lipinski definition) is 3. The molecule has 0 saturated carbocycles. The first-order valence-electron chi connectivity index (χ1n) is 6.26. The molecular formula is C14H16BrNO4. The average Bonchev–Trinajstić information content (AvgIpc) is 2.35. The number of hydrogen-bond donors (Lipinski definition) is 1. The first-order chi connectivity index (χ1) is 9.28. The third-order valence-electron chi connectivity index (χ3n) is 3.10. The predicted molar refractivity (Wildman–Crippen MR) is 77.0 cm³/mol. The first-order valence-corrected chi connectivity index (χ1v) is 7.05. The number of amides is 1. The van der Waals surface area contributed by atoms with Crippen LogP contribution in [-0.2, 0) is 4.74 Å². The van der Waals surface area contributed by atoms with Crippen LogP contribution in [0, 0.1) is 0 Å². The maximum Gasteiger partial charge on any atom is 0.335 e. The van der Waals surface area contributed by atoms with E-state index in [0.717, 1.165) is 0 Å². The lowest BCUT2D eigenvalue weighted by Crippen LogP contribution is -2.50. The molecule has 1 fully saturated rings. The Balaban J connectivity index is 2.27. The van der Waals surface area contributed by atoms with Crippen molar-refractivity contribution in [1.29, 1.82) is 0 Å². The van der Waals surface area contributed by atoms with Gasteiger partial charge in [0.1, 0.15) is 0 Å². The maximum atomic E-state index is 12.5. The Morgan fingerprint density at radius 3 is 2.55 bits per heavy atom. The van der Waals surface area contributed by atoms with Gasteiger partial charge in [-0.25, -0.2) is 4.79 Å². The number of ether oxygens (including phenoxy) is 1. The van der Waals surface area contributed by atoms with Gasteiger partial charge in [0.05, 0.1) is 17.8 Å². The summed E-state index contributed by atoms with van der Waals surface area (Å²) in [5, 5.41) is 9.04. The Labute approximate surface area is 125 Å². The van der Waals surface area contributed by atoms with E-state index in [1.54, 1.807) is 11.0 Å². The quantitative estimate of drug-likeness (QED) is 0.896. The maximum absolute atomic E-state index is 12.5. The number of aromatic carboxylic acids is 1. The number of morpholine rings is 1. The lowest BCUT2D eigenvalue weighted by atomic mass is 10.1. The standard InChI is InChI=1S/C14H16BrNO4/c1-14(2)8-16(3-4-20-14)12(17)9-5-10(13(18)19)7-11(15)6-9/h5-7H,3-4,8H2,1-2H3,(H,18,19). The predicted octanol–water partition coefficient (Wildman–Crippen LogP) is 2.40. The molecule has 6 heteroatoms. The number of carbonyl (C=O) groups is 2. The van der Waals surface area contributed by atoms with Crippen LogP contribution in [0.5, 0.6) is 0 Å². The molecule has 0 bridgehead atoms. The van der Waals surface area contributed by atoms with Gasteiger partial charge >= 0.3 is 5.97 Å². The number of carbonyl (C=O) groups excluding carboxylic acids is 1. The third-order valence-corrected chi connectivity index (χ3v) is 3.56. The third kappa shape index (κ3) is 3.37. The zero-order valence-electron chi connectivity index (χ0n) is 11.4. The Morgan fingerprint density at radius 2 is 1.95 bits per heavy atom. The van der Waals surface area contributed by atoms with E-state index in [0.29, 0.717) is 29.7 Å². The van der Waals surface area contributed by atoms with Gasteiger partial charge in [-0.3, -0.25) is 4.79 Å². The molecule has 1 heterocycles. The summed E-state index contributed by atoms with van der Waals surface area (Å²) in [6.45, 7) is 5.34. The summed E-state index contributed by atoms with van der Waals surface area (Å²) in [6, 6.07) is 4.51. The highest BCUT2D eigenvalue weighted by molar-refractivity contribution is 9.10. The van der Waals surface area contributed by atoms with Gasteiger partial charge in [-0.2, -0.15) is 0 Å². The van der Waals surface area contributed by atoms with Gasteiger partial charge in [0.25, 0.3) is 5.91 Å². The number of carboxylic acid groups (broad SMARTS) is 1. The van der Waals surface area contributed by atoms with Crippen LogP contribution in [0.3, 0.4) is 0 Å². The normalized spacial score (nSPS) is 17.9. The van der Waals surface area contributed by atoms with E-state index in [1.165, 1.54) is 12.1 Å². The summed E-state index contributed by atoms with van der Waals surface area (Å²) in [6.07, 6.45) is 0. The molecule has 1 saturated heterocycles. The molecule has 1 aromatic carbocycles. The molecule has 0 aromatic heterocycles. The smallest absolute Gasteiger partial charge is 0.335 e. The van der Waals surface area contributed by atoms with Crippen molar-refractivity contribution in [1.82, 2.24) is 4.90 Å². The van der Waals surface area contributed by atoms with Crippen molar-refractivity contribution < 1.29 is 19.4 Å². The molecule has 1 N–H and O–H groups in total. The Kier molecular flexibility index (Phi) is 4.15. The van der Waals surface area contributed by atoms with Crippen LogP contribution in [0.1, 0.15) is 34.6 Å². The van der Waals surface area contributed by atoms with E-state index in [2.05, 4.69) is 15.9 Å². The van der Waals surface area contributed by atoms with Crippen molar-refractivity contribution in [3.63, 3.8) is 0 Å². The van der Waals surface area contributed by atoms with Crippen molar-refractivity contribution in [3.8, 4) is 0 Å². The van der Waals surface area contributed by atoms with Crippen LogP contribution in [0.4, 0.5) is 0 Å². The van der Waals surface area contributed by atoms with Crippen LogP contribution in [0.25, 0.3) is 0 Å². The molecule has 5 nitrogen and oxygen atoms in total. The monoisotopic (exact) mass is 341 g/mol. The molecule has 108 valence electrons. The minimum Gasteiger partial charge on any atom is -0.478 e. The topological polar surface area (TPSA) is 66.8 Å². The first kappa shape index (κ1) is 15.0. The number of benzene rings is 1. The van der Waals surface area contributed by atoms with Gasteiger partial charge in [-0.15, -0.1) is 0 Å². The van der Waals surface area contributed by atoms with E-state index in [1.807, 2.05) is 13.8 Å². The summed E-state index contributed by atoms with van der Waals surface area (Å²) >= 11 is 3.24. The molecule has 0 spiro atoms. The zero-order chi connectivity index (χ0) is 14.9. The van der Waals surface area contributed by atoms with Gasteiger partial charge < -0.3 is 14.7 Å². The second kappa shape index (κ2) is 5.54. The Hall–Kier alpha value is -1.40. The summed E-state index contributed by atoms with van der Waals surface area (Å²) in [5.74, 6) is -1.23. The lowest BCUT2D eigenvalue weighted by molar-refractivity contribution is -0.0764. The van der Waals surface area contributed by atoms with E-state index >= 15 is 0 Å².